The zero-order valence-corrected chi connectivity index (χ0v) is 15.8. The molecular weight excluding hydrogens is 348 g/mol. The number of hydrogen-bond acceptors (Lipinski definition) is 3. The molecule has 1 aliphatic heterocycles. The van der Waals surface area contributed by atoms with Gasteiger partial charge in [-0.25, -0.2) is 13.1 Å². The van der Waals surface area contributed by atoms with E-state index in [1.165, 1.54) is 12.1 Å². The molecule has 1 aliphatic rings. The normalized spacial score (nSPS) is 13.7. The SMILES string of the molecule is CCCCCNS(=O)(=O)c1cccc(C(=O)N2CCc3ccccc32)c1. The fourth-order valence-corrected chi connectivity index (χ4v) is 4.29. The highest BCUT2D eigenvalue weighted by molar-refractivity contribution is 7.89. The van der Waals surface area contributed by atoms with Crippen molar-refractivity contribution < 1.29 is 13.2 Å². The number of amides is 1. The third kappa shape index (κ3) is 3.97. The van der Waals surface area contributed by atoms with Crippen molar-refractivity contribution >= 4 is 21.6 Å². The van der Waals surface area contributed by atoms with Crippen LogP contribution in [0, 0.1) is 0 Å². The number of benzene rings is 2. The van der Waals surface area contributed by atoms with Crippen LogP contribution in [0.4, 0.5) is 5.69 Å². The van der Waals surface area contributed by atoms with E-state index < -0.39 is 10.0 Å². The number of fused-ring (bicyclic) bond motifs is 1. The van der Waals surface area contributed by atoms with Crippen LogP contribution in [0.15, 0.2) is 53.4 Å². The molecule has 138 valence electrons. The van der Waals surface area contributed by atoms with Gasteiger partial charge in [-0.05, 0) is 42.7 Å². The van der Waals surface area contributed by atoms with Gasteiger partial charge in [0.15, 0.2) is 0 Å². The molecule has 1 amide bonds. The number of sulfonamides is 1. The summed E-state index contributed by atoms with van der Waals surface area (Å²) in [6, 6.07) is 14.1. The van der Waals surface area contributed by atoms with Gasteiger partial charge in [-0.1, -0.05) is 44.0 Å². The minimum atomic E-state index is -3.60. The van der Waals surface area contributed by atoms with Crippen LogP contribution >= 0.6 is 0 Å². The molecule has 0 fully saturated rings. The lowest BCUT2D eigenvalue weighted by atomic mass is 10.1. The maximum Gasteiger partial charge on any atom is 0.258 e. The smallest absolute Gasteiger partial charge is 0.258 e. The molecule has 5 nitrogen and oxygen atoms in total. The van der Waals surface area contributed by atoms with Gasteiger partial charge in [0.05, 0.1) is 4.90 Å². The summed E-state index contributed by atoms with van der Waals surface area (Å²) in [5.41, 5.74) is 2.43. The zero-order chi connectivity index (χ0) is 18.6. The second kappa shape index (κ2) is 8.01. The summed E-state index contributed by atoms with van der Waals surface area (Å²) in [6.07, 6.45) is 3.64. The van der Waals surface area contributed by atoms with Gasteiger partial charge in [0.1, 0.15) is 0 Å². The van der Waals surface area contributed by atoms with Crippen LogP contribution in [0.3, 0.4) is 0 Å². The molecule has 0 spiro atoms. The van der Waals surface area contributed by atoms with Crippen LogP contribution in [-0.4, -0.2) is 27.4 Å². The summed E-state index contributed by atoms with van der Waals surface area (Å²) >= 11 is 0. The lowest BCUT2D eigenvalue weighted by Gasteiger charge is -2.18. The Labute approximate surface area is 155 Å². The van der Waals surface area contributed by atoms with E-state index in [-0.39, 0.29) is 10.8 Å². The predicted octanol–water partition coefficient (Wildman–Crippen LogP) is 3.36. The summed E-state index contributed by atoms with van der Waals surface area (Å²) < 4.78 is 27.5. The molecule has 2 aromatic carbocycles. The van der Waals surface area contributed by atoms with Gasteiger partial charge in [-0.2, -0.15) is 0 Å². The number of nitrogens with zero attached hydrogens (tertiary/aromatic N) is 1. The number of anilines is 1. The number of carbonyl (C=O) groups excluding carboxylic acids is 1. The van der Waals surface area contributed by atoms with Crippen molar-refractivity contribution in [2.45, 2.75) is 37.5 Å². The highest BCUT2D eigenvalue weighted by atomic mass is 32.2. The summed E-state index contributed by atoms with van der Waals surface area (Å²) in [4.78, 5) is 14.7. The Bertz CT molecular complexity index is 893. The van der Waals surface area contributed by atoms with Gasteiger partial charge in [0.25, 0.3) is 5.91 Å². The second-order valence-corrected chi connectivity index (χ2v) is 8.24. The Morgan fingerprint density at radius 3 is 2.73 bits per heavy atom. The van der Waals surface area contributed by atoms with Crippen molar-refractivity contribution in [3.05, 3.63) is 59.7 Å². The monoisotopic (exact) mass is 372 g/mol. The van der Waals surface area contributed by atoms with E-state index in [9.17, 15) is 13.2 Å². The first-order valence-corrected chi connectivity index (χ1v) is 10.5. The van der Waals surface area contributed by atoms with Crippen LogP contribution in [0.2, 0.25) is 0 Å². The number of para-hydroxylation sites is 1. The van der Waals surface area contributed by atoms with Crippen LogP contribution in [0.25, 0.3) is 0 Å². The van der Waals surface area contributed by atoms with Gasteiger partial charge in [-0.3, -0.25) is 4.79 Å². The van der Waals surface area contributed by atoms with Gasteiger partial charge in [-0.15, -0.1) is 0 Å². The van der Waals surface area contributed by atoms with E-state index in [2.05, 4.69) is 11.6 Å². The quantitative estimate of drug-likeness (QED) is 0.758. The van der Waals surface area contributed by atoms with Gasteiger partial charge in [0.2, 0.25) is 10.0 Å². The van der Waals surface area contributed by atoms with Crippen LogP contribution in [-0.2, 0) is 16.4 Å². The molecule has 0 unspecified atom stereocenters. The average molecular weight is 372 g/mol. The fraction of sp³-hybridized carbons (Fsp3) is 0.350. The lowest BCUT2D eigenvalue weighted by Crippen LogP contribution is -2.29. The third-order valence-electron chi connectivity index (χ3n) is 4.60. The van der Waals surface area contributed by atoms with E-state index in [4.69, 9.17) is 0 Å². The maximum absolute atomic E-state index is 12.9. The first kappa shape index (κ1) is 18.6. The Morgan fingerprint density at radius 1 is 1.12 bits per heavy atom. The molecule has 0 aromatic heterocycles. The maximum atomic E-state index is 12.9. The molecule has 26 heavy (non-hydrogen) atoms. The molecular formula is C20H24N2O3S. The van der Waals surface area contributed by atoms with Crippen LogP contribution in [0.5, 0.6) is 0 Å². The number of nitrogens with one attached hydrogen (secondary N) is 1. The largest absolute Gasteiger partial charge is 0.308 e. The number of hydrogen-bond donors (Lipinski definition) is 1. The second-order valence-electron chi connectivity index (χ2n) is 6.47. The van der Waals surface area contributed by atoms with Crippen molar-refractivity contribution in [2.24, 2.45) is 0 Å². The Morgan fingerprint density at radius 2 is 1.92 bits per heavy atom. The predicted molar refractivity (Wildman–Crippen MR) is 103 cm³/mol. The molecule has 0 atom stereocenters. The molecule has 0 radical (unpaired) electrons. The lowest BCUT2D eigenvalue weighted by molar-refractivity contribution is 0.0989. The number of unbranched alkanes of at least 4 members (excludes halogenated alkanes) is 2. The molecule has 2 aromatic rings. The van der Waals surface area contributed by atoms with Crippen molar-refractivity contribution in [1.82, 2.24) is 4.72 Å². The Hall–Kier alpha value is -2.18. The highest BCUT2D eigenvalue weighted by Crippen LogP contribution is 2.29. The van der Waals surface area contributed by atoms with Crippen molar-refractivity contribution in [1.29, 1.82) is 0 Å². The Kier molecular flexibility index (Phi) is 5.74. The van der Waals surface area contributed by atoms with Gasteiger partial charge >= 0.3 is 0 Å². The zero-order valence-electron chi connectivity index (χ0n) is 14.9. The van der Waals surface area contributed by atoms with Crippen molar-refractivity contribution in [2.75, 3.05) is 18.0 Å². The molecule has 6 heteroatoms. The third-order valence-corrected chi connectivity index (χ3v) is 6.05. The van der Waals surface area contributed by atoms with E-state index >= 15 is 0 Å². The van der Waals surface area contributed by atoms with Gasteiger partial charge < -0.3 is 4.90 Å². The van der Waals surface area contributed by atoms with E-state index in [1.807, 2.05) is 24.3 Å². The minimum absolute atomic E-state index is 0.132. The average Bonchev–Trinajstić information content (AvgIpc) is 3.09. The van der Waals surface area contributed by atoms with Gasteiger partial charge in [0, 0.05) is 24.3 Å². The first-order valence-electron chi connectivity index (χ1n) is 9.02. The number of rotatable bonds is 7. The van der Waals surface area contributed by atoms with E-state index in [0.717, 1.165) is 36.9 Å². The summed E-state index contributed by atoms with van der Waals surface area (Å²) in [6.45, 7) is 3.10. The van der Waals surface area contributed by atoms with E-state index in [0.29, 0.717) is 18.7 Å². The molecule has 3 rings (SSSR count). The Balaban J connectivity index is 1.78. The fourth-order valence-electron chi connectivity index (χ4n) is 3.17. The van der Waals surface area contributed by atoms with Crippen molar-refractivity contribution in [3.63, 3.8) is 0 Å². The molecule has 1 N–H and O–H groups in total. The minimum Gasteiger partial charge on any atom is -0.308 e. The topological polar surface area (TPSA) is 66.5 Å². The van der Waals surface area contributed by atoms with E-state index in [1.54, 1.807) is 17.0 Å². The standard InChI is InChI=1S/C20H24N2O3S/c1-2-3-6-13-21-26(24,25)18-10-7-9-17(15-18)20(23)22-14-12-16-8-4-5-11-19(16)22/h4-5,7-11,15,21H,2-3,6,12-14H2,1H3. The van der Waals surface area contributed by atoms with Crippen LogP contribution in [0.1, 0.15) is 42.1 Å². The van der Waals surface area contributed by atoms with Crippen LogP contribution < -0.4 is 9.62 Å². The molecule has 0 saturated heterocycles. The molecule has 0 saturated carbocycles. The molecule has 0 aliphatic carbocycles. The summed E-state index contributed by atoms with van der Waals surface area (Å²) in [7, 11) is -3.60. The molecule has 0 bridgehead atoms. The first-order chi connectivity index (χ1) is 12.5. The summed E-state index contributed by atoms with van der Waals surface area (Å²) in [5, 5.41) is 0. The summed E-state index contributed by atoms with van der Waals surface area (Å²) in [5.74, 6) is -0.169. The number of carbonyl (C=O) groups is 1. The highest BCUT2D eigenvalue weighted by Gasteiger charge is 2.26. The molecule has 1 heterocycles. The van der Waals surface area contributed by atoms with Crippen molar-refractivity contribution in [3.8, 4) is 0 Å².